The van der Waals surface area contributed by atoms with E-state index in [4.69, 9.17) is 9.84 Å². The number of aliphatic hydroxyl groups excluding tert-OH is 2. The normalized spacial score (nSPS) is 24.2. The van der Waals surface area contributed by atoms with Crippen LogP contribution in [-0.4, -0.2) is 55.6 Å². The predicted octanol–water partition coefficient (Wildman–Crippen LogP) is 1.13. The third-order valence-corrected chi connectivity index (χ3v) is 4.96. The lowest BCUT2D eigenvalue weighted by atomic mass is 10.1. The number of carboxylic acid groups (broad SMARTS) is 1. The van der Waals surface area contributed by atoms with Crippen LogP contribution in [0.4, 0.5) is 14.6 Å². The number of aliphatic carboxylic acids is 1. The first kappa shape index (κ1) is 21.3. The molecule has 0 radical (unpaired) electrons. The van der Waals surface area contributed by atoms with Crippen molar-refractivity contribution in [3.63, 3.8) is 0 Å². The van der Waals surface area contributed by atoms with Crippen molar-refractivity contribution in [3.8, 4) is 0 Å². The molecule has 29 heavy (non-hydrogen) atoms. The van der Waals surface area contributed by atoms with Crippen LogP contribution in [0.5, 0.6) is 0 Å². The second kappa shape index (κ2) is 8.14. The molecule has 1 fully saturated rings. The number of aromatic nitrogens is 2. The molecule has 156 valence electrons. The smallest absolute Gasteiger partial charge is 0.351 e. The Morgan fingerprint density at radius 2 is 2.03 bits per heavy atom. The Morgan fingerprint density at radius 3 is 2.59 bits per heavy atom. The molecule has 1 aliphatic rings. The fourth-order valence-electron chi connectivity index (χ4n) is 2.90. The van der Waals surface area contributed by atoms with Gasteiger partial charge < -0.3 is 25.4 Å². The van der Waals surface area contributed by atoms with Gasteiger partial charge in [-0.05, 0) is 21.5 Å². The van der Waals surface area contributed by atoms with E-state index in [1.54, 1.807) is 30.3 Å². The van der Waals surface area contributed by atoms with E-state index < -0.39 is 48.7 Å². The summed E-state index contributed by atoms with van der Waals surface area (Å²) in [5.74, 6) is -5.28. The van der Waals surface area contributed by atoms with E-state index in [2.05, 4.69) is 26.2 Å². The number of anilines is 1. The molecule has 4 atom stereocenters. The van der Waals surface area contributed by atoms with Crippen molar-refractivity contribution >= 4 is 27.7 Å². The monoisotopic (exact) mass is 475 g/mol. The Hall–Kier alpha value is -2.41. The molecule has 1 aromatic carbocycles. The maximum atomic E-state index is 14.3. The van der Waals surface area contributed by atoms with E-state index in [0.717, 1.165) is 6.20 Å². The summed E-state index contributed by atoms with van der Waals surface area (Å²) in [6, 6.07) is 6.84. The molecule has 0 aliphatic carbocycles. The fraction of sp³-hybridized carbons (Fsp3) is 0.353. The van der Waals surface area contributed by atoms with Crippen molar-refractivity contribution in [2.45, 2.75) is 30.4 Å². The van der Waals surface area contributed by atoms with Crippen molar-refractivity contribution in [3.05, 3.63) is 57.0 Å². The molecule has 1 saturated heterocycles. The van der Waals surface area contributed by atoms with Gasteiger partial charge in [0.05, 0.1) is 11.1 Å². The third kappa shape index (κ3) is 4.01. The van der Waals surface area contributed by atoms with Crippen LogP contribution in [0.3, 0.4) is 0 Å². The summed E-state index contributed by atoms with van der Waals surface area (Å²) in [5.41, 5.74) is -0.777. The molecule has 0 spiro atoms. The lowest BCUT2D eigenvalue weighted by molar-refractivity contribution is -0.141. The van der Waals surface area contributed by atoms with E-state index in [9.17, 15) is 28.6 Å². The standard InChI is InChI=1S/C17H16BrF2N3O6/c18-9-6-23(15-17(19,20)12(25)10(7-24)29-15)16(28)22-13(9)21-11(14(26)27)8-4-2-1-3-5-8/h1-6,10-12,15,24-25H,7H2,(H,26,27)(H,21,22,28)/t10-,11?,12-,15-/m1/s1. The van der Waals surface area contributed by atoms with Gasteiger partial charge in [0.25, 0.3) is 0 Å². The van der Waals surface area contributed by atoms with Gasteiger partial charge in [-0.2, -0.15) is 13.8 Å². The van der Waals surface area contributed by atoms with Gasteiger partial charge in [0.15, 0.2) is 12.1 Å². The maximum Gasteiger partial charge on any atom is 0.351 e. The number of carbonyl (C=O) groups is 1. The second-order valence-electron chi connectivity index (χ2n) is 6.28. The molecule has 4 N–H and O–H groups in total. The minimum absolute atomic E-state index is 0.0145. The van der Waals surface area contributed by atoms with Gasteiger partial charge in [0.1, 0.15) is 11.9 Å². The maximum absolute atomic E-state index is 14.3. The number of halogens is 3. The number of aliphatic hydroxyl groups is 2. The number of ether oxygens (including phenoxy) is 1. The molecule has 0 saturated carbocycles. The first-order valence-corrected chi connectivity index (χ1v) is 9.11. The molecule has 0 bridgehead atoms. The largest absolute Gasteiger partial charge is 0.479 e. The minimum atomic E-state index is -3.86. The number of nitrogens with zero attached hydrogens (tertiary/aromatic N) is 2. The summed E-state index contributed by atoms with van der Waals surface area (Å²) in [4.78, 5) is 27.6. The zero-order valence-corrected chi connectivity index (χ0v) is 16.2. The number of alkyl halides is 2. The summed E-state index contributed by atoms with van der Waals surface area (Å²) < 4.78 is 34.0. The van der Waals surface area contributed by atoms with Crippen molar-refractivity contribution in [2.75, 3.05) is 11.9 Å². The molecular weight excluding hydrogens is 460 g/mol. The Labute approximate surface area is 170 Å². The van der Waals surface area contributed by atoms with E-state index >= 15 is 0 Å². The van der Waals surface area contributed by atoms with Crippen LogP contribution in [0.2, 0.25) is 0 Å². The molecule has 12 heteroatoms. The number of nitrogens with one attached hydrogen (secondary N) is 1. The van der Waals surface area contributed by atoms with Gasteiger partial charge >= 0.3 is 17.6 Å². The molecule has 9 nitrogen and oxygen atoms in total. The second-order valence-corrected chi connectivity index (χ2v) is 7.14. The van der Waals surface area contributed by atoms with Gasteiger partial charge in [0, 0.05) is 6.20 Å². The van der Waals surface area contributed by atoms with Crippen LogP contribution in [0, 0.1) is 0 Å². The summed E-state index contributed by atoms with van der Waals surface area (Å²) in [5, 5.41) is 30.7. The van der Waals surface area contributed by atoms with E-state index in [-0.39, 0.29) is 10.3 Å². The van der Waals surface area contributed by atoms with Crippen molar-refractivity contribution in [1.29, 1.82) is 0 Å². The van der Waals surface area contributed by atoms with Crippen LogP contribution in [-0.2, 0) is 9.53 Å². The molecule has 3 rings (SSSR count). The van der Waals surface area contributed by atoms with Crippen LogP contribution >= 0.6 is 15.9 Å². The highest BCUT2D eigenvalue weighted by atomic mass is 79.9. The molecule has 1 aromatic heterocycles. The molecule has 1 unspecified atom stereocenters. The van der Waals surface area contributed by atoms with Gasteiger partial charge in [-0.3, -0.25) is 4.57 Å². The van der Waals surface area contributed by atoms with Gasteiger partial charge in [-0.1, -0.05) is 30.3 Å². The van der Waals surface area contributed by atoms with Crippen LogP contribution < -0.4 is 11.0 Å². The predicted molar refractivity (Wildman–Crippen MR) is 98.6 cm³/mol. The minimum Gasteiger partial charge on any atom is -0.479 e. The quantitative estimate of drug-likeness (QED) is 0.488. The first-order chi connectivity index (χ1) is 13.7. The van der Waals surface area contributed by atoms with E-state index in [0.29, 0.717) is 10.1 Å². The van der Waals surface area contributed by atoms with Crippen LogP contribution in [0.1, 0.15) is 17.8 Å². The van der Waals surface area contributed by atoms with Gasteiger partial charge in [0.2, 0.25) is 6.23 Å². The zero-order valence-electron chi connectivity index (χ0n) is 14.6. The average molecular weight is 476 g/mol. The Bertz CT molecular complexity index is 958. The van der Waals surface area contributed by atoms with Crippen LogP contribution in [0.15, 0.2) is 45.8 Å². The lowest BCUT2D eigenvalue weighted by Crippen LogP contribution is -2.42. The highest BCUT2D eigenvalue weighted by Crippen LogP contribution is 2.42. The van der Waals surface area contributed by atoms with Crippen molar-refractivity contribution in [2.24, 2.45) is 0 Å². The topological polar surface area (TPSA) is 134 Å². The van der Waals surface area contributed by atoms with Crippen LogP contribution in [0.25, 0.3) is 0 Å². The number of hydrogen-bond acceptors (Lipinski definition) is 7. The summed E-state index contributed by atoms with van der Waals surface area (Å²) in [6.45, 7) is -0.867. The van der Waals surface area contributed by atoms with Gasteiger partial charge in [-0.15, -0.1) is 0 Å². The van der Waals surface area contributed by atoms with Crippen molar-refractivity contribution in [1.82, 2.24) is 9.55 Å². The lowest BCUT2D eigenvalue weighted by Gasteiger charge is -2.22. The molecule has 2 heterocycles. The summed E-state index contributed by atoms with van der Waals surface area (Å²) in [6.07, 6.45) is -5.13. The third-order valence-electron chi connectivity index (χ3n) is 4.38. The fourth-order valence-corrected chi connectivity index (χ4v) is 3.33. The Morgan fingerprint density at radius 1 is 1.38 bits per heavy atom. The molecular formula is C17H16BrF2N3O6. The van der Waals surface area contributed by atoms with Gasteiger partial charge in [-0.25, -0.2) is 9.59 Å². The Kier molecular flexibility index (Phi) is 5.98. The summed E-state index contributed by atoms with van der Waals surface area (Å²) >= 11 is 3.07. The summed E-state index contributed by atoms with van der Waals surface area (Å²) in [7, 11) is 0. The number of rotatable bonds is 6. The zero-order chi connectivity index (χ0) is 21.3. The van der Waals surface area contributed by atoms with Crippen molar-refractivity contribution < 1.29 is 33.6 Å². The van der Waals surface area contributed by atoms with E-state index in [1.165, 1.54) is 0 Å². The molecule has 0 amide bonds. The highest BCUT2D eigenvalue weighted by Gasteiger charge is 2.59. The average Bonchev–Trinajstić information content (AvgIpc) is 2.91. The number of benzene rings is 1. The number of hydrogen-bond donors (Lipinski definition) is 4. The number of carboxylic acids is 1. The van der Waals surface area contributed by atoms with E-state index in [1.807, 2.05) is 0 Å². The molecule has 2 aromatic rings. The first-order valence-electron chi connectivity index (χ1n) is 8.32. The molecule has 1 aliphatic heterocycles. The Balaban J connectivity index is 1.94. The SMILES string of the molecule is O=C(O)C(Nc1nc(=O)n([C@@H]2O[C@H](CO)[C@@H](O)C2(F)F)cc1Br)c1ccccc1. The highest BCUT2D eigenvalue weighted by molar-refractivity contribution is 9.10.